The Kier molecular flexibility index (Phi) is 3.64. The van der Waals surface area contributed by atoms with E-state index in [9.17, 15) is 8.42 Å². The maximum atomic E-state index is 12.6. The Bertz CT molecular complexity index is 539. The van der Waals surface area contributed by atoms with E-state index in [1.54, 1.807) is 13.1 Å². The number of benzene rings is 1. The van der Waals surface area contributed by atoms with Gasteiger partial charge in [0.1, 0.15) is 10.6 Å². The molecule has 1 heterocycles. The van der Waals surface area contributed by atoms with E-state index < -0.39 is 15.1 Å². The Morgan fingerprint density at radius 1 is 1.39 bits per heavy atom. The van der Waals surface area contributed by atoms with Gasteiger partial charge in [-0.05, 0) is 25.1 Å². The molecule has 0 saturated heterocycles. The lowest BCUT2D eigenvalue weighted by molar-refractivity contribution is 0.402. The van der Waals surface area contributed by atoms with Crippen molar-refractivity contribution in [1.82, 2.24) is 5.32 Å². The van der Waals surface area contributed by atoms with Crippen LogP contribution in [-0.4, -0.2) is 27.8 Å². The second-order valence-corrected chi connectivity index (χ2v) is 6.62. The van der Waals surface area contributed by atoms with Crippen LogP contribution in [0.25, 0.3) is 0 Å². The van der Waals surface area contributed by atoms with Crippen molar-refractivity contribution in [3.8, 4) is 5.75 Å². The van der Waals surface area contributed by atoms with Gasteiger partial charge in [-0.25, -0.2) is 8.42 Å². The number of nitrogens with one attached hydrogen (secondary N) is 1. The summed E-state index contributed by atoms with van der Waals surface area (Å²) >= 11 is 0. The maximum Gasteiger partial charge on any atom is 0.187 e. The van der Waals surface area contributed by atoms with Crippen molar-refractivity contribution in [1.29, 1.82) is 0 Å². The molecule has 1 aliphatic rings. The van der Waals surface area contributed by atoms with Crippen LogP contribution in [0.3, 0.4) is 0 Å². The fourth-order valence-corrected chi connectivity index (χ4v) is 5.17. The Balaban J connectivity index is 2.64. The Labute approximate surface area is 108 Å². The Morgan fingerprint density at radius 3 is 2.67 bits per heavy atom. The molecule has 1 aromatic rings. The SMILES string of the molecule is CCCC1C(NC)c2cccc(OC)c2S1(=O)=O. The molecule has 0 radical (unpaired) electrons. The van der Waals surface area contributed by atoms with Crippen LogP contribution in [0.2, 0.25) is 0 Å². The third kappa shape index (κ3) is 1.82. The number of rotatable bonds is 4. The van der Waals surface area contributed by atoms with Gasteiger partial charge in [0.15, 0.2) is 9.84 Å². The average Bonchev–Trinajstić information content (AvgIpc) is 2.58. The molecule has 2 atom stereocenters. The molecule has 0 aromatic heterocycles. The molecular weight excluding hydrogens is 250 g/mol. The highest BCUT2D eigenvalue weighted by Crippen LogP contribution is 2.45. The summed E-state index contributed by atoms with van der Waals surface area (Å²) in [6.45, 7) is 2.00. The van der Waals surface area contributed by atoms with Crippen LogP contribution in [0.5, 0.6) is 5.75 Å². The number of sulfone groups is 1. The van der Waals surface area contributed by atoms with E-state index in [1.807, 2.05) is 19.1 Å². The zero-order valence-corrected chi connectivity index (χ0v) is 11.8. The lowest BCUT2D eigenvalue weighted by atomic mass is 10.0. The fourth-order valence-electron chi connectivity index (χ4n) is 2.72. The minimum atomic E-state index is -3.30. The van der Waals surface area contributed by atoms with Crippen molar-refractivity contribution in [3.05, 3.63) is 23.8 Å². The van der Waals surface area contributed by atoms with Gasteiger partial charge in [0.05, 0.1) is 18.4 Å². The largest absolute Gasteiger partial charge is 0.495 e. The minimum absolute atomic E-state index is 0.139. The summed E-state index contributed by atoms with van der Waals surface area (Å²) in [5, 5.41) is 2.74. The van der Waals surface area contributed by atoms with Crippen LogP contribution < -0.4 is 10.1 Å². The van der Waals surface area contributed by atoms with E-state index in [2.05, 4.69) is 5.32 Å². The second kappa shape index (κ2) is 4.90. The molecule has 0 fully saturated rings. The third-order valence-corrected chi connectivity index (χ3v) is 5.81. The Hall–Kier alpha value is -1.07. The molecule has 1 aliphatic heterocycles. The van der Waals surface area contributed by atoms with Crippen molar-refractivity contribution in [2.45, 2.75) is 36.0 Å². The molecule has 2 unspecified atom stereocenters. The summed E-state index contributed by atoms with van der Waals surface area (Å²) < 4.78 is 30.4. The lowest BCUT2D eigenvalue weighted by Gasteiger charge is -2.17. The van der Waals surface area contributed by atoms with Crippen molar-refractivity contribution in [3.63, 3.8) is 0 Å². The third-order valence-electron chi connectivity index (χ3n) is 3.50. The van der Waals surface area contributed by atoms with Crippen molar-refractivity contribution in [2.24, 2.45) is 0 Å². The standard InChI is InChI=1S/C13H19NO3S/c1-4-6-11-12(14-2)9-7-5-8-10(17-3)13(9)18(11,15)16/h5,7-8,11-12,14H,4,6H2,1-3H3. The highest BCUT2D eigenvalue weighted by molar-refractivity contribution is 7.92. The zero-order valence-electron chi connectivity index (χ0n) is 10.9. The summed E-state index contributed by atoms with van der Waals surface area (Å²) in [7, 11) is 0.00954. The van der Waals surface area contributed by atoms with E-state index >= 15 is 0 Å². The normalized spacial score (nSPS) is 24.8. The predicted molar refractivity (Wildman–Crippen MR) is 70.7 cm³/mol. The van der Waals surface area contributed by atoms with Gasteiger partial charge in [-0.2, -0.15) is 0 Å². The minimum Gasteiger partial charge on any atom is -0.495 e. The van der Waals surface area contributed by atoms with E-state index in [4.69, 9.17) is 4.74 Å². The summed E-state index contributed by atoms with van der Waals surface area (Å²) in [5.74, 6) is 0.450. The van der Waals surface area contributed by atoms with E-state index in [1.165, 1.54) is 7.11 Å². The number of hydrogen-bond donors (Lipinski definition) is 1. The molecule has 5 heteroatoms. The van der Waals surface area contributed by atoms with Gasteiger partial charge in [-0.3, -0.25) is 0 Å². The molecule has 1 aromatic carbocycles. The van der Waals surface area contributed by atoms with Gasteiger partial charge in [-0.1, -0.05) is 25.5 Å². The highest BCUT2D eigenvalue weighted by atomic mass is 32.2. The first-order valence-electron chi connectivity index (χ1n) is 6.16. The van der Waals surface area contributed by atoms with Crippen molar-refractivity contribution < 1.29 is 13.2 Å². The van der Waals surface area contributed by atoms with Gasteiger partial charge < -0.3 is 10.1 Å². The highest BCUT2D eigenvalue weighted by Gasteiger charge is 2.45. The van der Waals surface area contributed by atoms with Crippen LogP contribution in [0, 0.1) is 0 Å². The van der Waals surface area contributed by atoms with Gasteiger partial charge in [0.2, 0.25) is 0 Å². The Morgan fingerprint density at radius 2 is 2.11 bits per heavy atom. The first kappa shape index (κ1) is 13.4. The molecule has 4 nitrogen and oxygen atoms in total. The molecule has 0 amide bonds. The van der Waals surface area contributed by atoms with Crippen molar-refractivity contribution in [2.75, 3.05) is 14.2 Å². The number of methoxy groups -OCH3 is 1. The molecule has 0 saturated carbocycles. The molecule has 18 heavy (non-hydrogen) atoms. The molecular formula is C13H19NO3S. The summed E-state index contributed by atoms with van der Waals surface area (Å²) in [6.07, 6.45) is 1.50. The molecule has 2 rings (SSSR count). The van der Waals surface area contributed by atoms with E-state index in [0.29, 0.717) is 17.1 Å². The maximum absolute atomic E-state index is 12.6. The van der Waals surface area contributed by atoms with E-state index in [0.717, 1.165) is 12.0 Å². The van der Waals surface area contributed by atoms with Crippen molar-refractivity contribution >= 4 is 9.84 Å². The quantitative estimate of drug-likeness (QED) is 0.907. The molecule has 0 spiro atoms. The molecule has 100 valence electrons. The zero-order chi connectivity index (χ0) is 13.3. The van der Waals surface area contributed by atoms with Gasteiger partial charge in [-0.15, -0.1) is 0 Å². The first-order chi connectivity index (χ1) is 8.57. The second-order valence-electron chi connectivity index (χ2n) is 4.52. The van der Waals surface area contributed by atoms with Crippen LogP contribution in [0.1, 0.15) is 31.4 Å². The summed E-state index contributed by atoms with van der Waals surface area (Å²) in [6, 6.07) is 5.27. The van der Waals surface area contributed by atoms with Gasteiger partial charge in [0.25, 0.3) is 0 Å². The number of ether oxygens (including phenoxy) is 1. The monoisotopic (exact) mass is 269 g/mol. The first-order valence-corrected chi connectivity index (χ1v) is 7.70. The van der Waals surface area contributed by atoms with Crippen LogP contribution in [0.15, 0.2) is 23.1 Å². The topological polar surface area (TPSA) is 55.4 Å². The van der Waals surface area contributed by atoms with Crippen LogP contribution in [-0.2, 0) is 9.84 Å². The lowest BCUT2D eigenvalue weighted by Crippen LogP contribution is -2.29. The molecule has 1 N–H and O–H groups in total. The van der Waals surface area contributed by atoms with E-state index in [-0.39, 0.29) is 6.04 Å². The average molecular weight is 269 g/mol. The number of fused-ring (bicyclic) bond motifs is 1. The smallest absolute Gasteiger partial charge is 0.187 e. The molecule has 0 aliphatic carbocycles. The fraction of sp³-hybridized carbons (Fsp3) is 0.538. The summed E-state index contributed by atoms with van der Waals surface area (Å²) in [5.41, 5.74) is 0.829. The summed E-state index contributed by atoms with van der Waals surface area (Å²) in [4.78, 5) is 0.366. The van der Waals surface area contributed by atoms with Gasteiger partial charge >= 0.3 is 0 Å². The van der Waals surface area contributed by atoms with Gasteiger partial charge in [0, 0.05) is 0 Å². The van der Waals surface area contributed by atoms with Crippen LogP contribution >= 0.6 is 0 Å². The number of hydrogen-bond acceptors (Lipinski definition) is 4. The van der Waals surface area contributed by atoms with Crippen LogP contribution in [0.4, 0.5) is 0 Å². The molecule has 0 bridgehead atoms. The predicted octanol–water partition coefficient (Wildman–Crippen LogP) is 1.91.